The first-order valence-electron chi connectivity index (χ1n) is 6.93. The van der Waals surface area contributed by atoms with Gasteiger partial charge in [-0.25, -0.2) is 0 Å². The van der Waals surface area contributed by atoms with Crippen LogP contribution in [0, 0.1) is 0 Å². The lowest BCUT2D eigenvalue weighted by Crippen LogP contribution is -2.15. The van der Waals surface area contributed by atoms with E-state index in [1.165, 1.54) is 22.7 Å². The summed E-state index contributed by atoms with van der Waals surface area (Å²) in [5.41, 5.74) is 0.984. The maximum absolute atomic E-state index is 12.3. The van der Waals surface area contributed by atoms with E-state index < -0.39 is 0 Å². The first kappa shape index (κ1) is 14.7. The van der Waals surface area contributed by atoms with Gasteiger partial charge in [-0.2, -0.15) is 4.99 Å². The van der Waals surface area contributed by atoms with E-state index in [4.69, 9.17) is 21.1 Å². The Kier molecular flexibility index (Phi) is 3.63. The summed E-state index contributed by atoms with van der Waals surface area (Å²) < 4.78 is 14.4. The zero-order valence-corrected chi connectivity index (χ0v) is 14.4. The average Bonchev–Trinajstić information content (AvgIpc) is 3.22. The van der Waals surface area contributed by atoms with Gasteiger partial charge in [0.2, 0.25) is 6.79 Å². The van der Waals surface area contributed by atoms with Gasteiger partial charge < -0.3 is 14.0 Å². The standard InChI is InChI=1S/C15H11ClN2O3S2/c1-2-18-8-5-9-10(21-7-20-9)6-12(8)23-15(18)17-14(19)11-3-4-13(16)22-11/h3-6H,2,7H2,1H3. The number of rotatable bonds is 2. The number of thiophene rings is 1. The number of aryl methyl sites for hydroxylation is 1. The molecule has 0 spiro atoms. The van der Waals surface area contributed by atoms with E-state index >= 15 is 0 Å². The molecule has 0 saturated carbocycles. The van der Waals surface area contributed by atoms with Gasteiger partial charge in [0.15, 0.2) is 16.3 Å². The highest BCUT2D eigenvalue weighted by molar-refractivity contribution is 7.18. The summed E-state index contributed by atoms with van der Waals surface area (Å²) in [5, 5.41) is 0. The fraction of sp³-hybridized carbons (Fsp3) is 0.200. The largest absolute Gasteiger partial charge is 0.454 e. The maximum atomic E-state index is 12.3. The van der Waals surface area contributed by atoms with Crippen LogP contribution in [0.2, 0.25) is 4.34 Å². The minimum atomic E-state index is -0.282. The highest BCUT2D eigenvalue weighted by Crippen LogP contribution is 2.37. The van der Waals surface area contributed by atoms with Gasteiger partial charge in [0.25, 0.3) is 5.91 Å². The van der Waals surface area contributed by atoms with Crippen molar-refractivity contribution in [1.82, 2.24) is 4.57 Å². The molecule has 3 aromatic rings. The second-order valence-corrected chi connectivity index (χ2v) is 7.55. The van der Waals surface area contributed by atoms with Gasteiger partial charge >= 0.3 is 0 Å². The third kappa shape index (κ3) is 2.54. The van der Waals surface area contributed by atoms with Crippen LogP contribution in [0.3, 0.4) is 0 Å². The molecule has 1 amide bonds. The van der Waals surface area contributed by atoms with Crippen molar-refractivity contribution in [2.24, 2.45) is 4.99 Å². The number of carbonyl (C=O) groups is 1. The molecule has 23 heavy (non-hydrogen) atoms. The van der Waals surface area contributed by atoms with Crippen molar-refractivity contribution in [2.45, 2.75) is 13.5 Å². The average molecular weight is 367 g/mol. The molecule has 2 aromatic heterocycles. The molecule has 0 radical (unpaired) electrons. The van der Waals surface area contributed by atoms with Crippen LogP contribution < -0.4 is 14.3 Å². The van der Waals surface area contributed by atoms with Gasteiger partial charge in [0, 0.05) is 18.7 Å². The Hall–Kier alpha value is -1.83. The van der Waals surface area contributed by atoms with Crippen LogP contribution in [0.5, 0.6) is 11.5 Å². The van der Waals surface area contributed by atoms with E-state index in [9.17, 15) is 4.79 Å². The van der Waals surface area contributed by atoms with Crippen LogP contribution in [0.25, 0.3) is 10.2 Å². The quantitative estimate of drug-likeness (QED) is 0.691. The van der Waals surface area contributed by atoms with Crippen molar-refractivity contribution in [2.75, 3.05) is 6.79 Å². The van der Waals surface area contributed by atoms with Crippen LogP contribution in [-0.4, -0.2) is 17.3 Å². The van der Waals surface area contributed by atoms with Gasteiger partial charge in [-0.05, 0) is 19.1 Å². The van der Waals surface area contributed by atoms with Crippen LogP contribution >= 0.6 is 34.3 Å². The van der Waals surface area contributed by atoms with Gasteiger partial charge in [-0.15, -0.1) is 11.3 Å². The fourth-order valence-electron chi connectivity index (χ4n) is 2.42. The predicted octanol–water partition coefficient (Wildman–Crippen LogP) is 3.91. The first-order chi connectivity index (χ1) is 11.2. The Bertz CT molecular complexity index is 986. The molecule has 0 bridgehead atoms. The number of thiazole rings is 1. The number of hydrogen-bond donors (Lipinski definition) is 0. The van der Waals surface area contributed by atoms with Crippen LogP contribution in [0.4, 0.5) is 0 Å². The van der Waals surface area contributed by atoms with Crippen molar-refractivity contribution >= 4 is 50.4 Å². The summed E-state index contributed by atoms with van der Waals surface area (Å²) in [6.45, 7) is 2.97. The molecule has 0 atom stereocenters. The predicted molar refractivity (Wildman–Crippen MR) is 90.8 cm³/mol. The van der Waals surface area contributed by atoms with Crippen molar-refractivity contribution < 1.29 is 14.3 Å². The maximum Gasteiger partial charge on any atom is 0.289 e. The van der Waals surface area contributed by atoms with E-state index in [2.05, 4.69) is 4.99 Å². The molecule has 0 fully saturated rings. The Morgan fingerprint density at radius 1 is 1.30 bits per heavy atom. The number of carbonyl (C=O) groups excluding carboxylic acids is 1. The van der Waals surface area contributed by atoms with Crippen LogP contribution in [-0.2, 0) is 6.54 Å². The molecule has 1 aliphatic rings. The van der Waals surface area contributed by atoms with E-state index in [1.807, 2.05) is 23.6 Å². The Balaban J connectivity index is 1.86. The highest BCUT2D eigenvalue weighted by atomic mass is 35.5. The molecule has 8 heteroatoms. The minimum absolute atomic E-state index is 0.244. The highest BCUT2D eigenvalue weighted by Gasteiger charge is 2.17. The molecule has 4 rings (SSSR count). The molecular weight excluding hydrogens is 356 g/mol. The second kappa shape index (κ2) is 5.67. The molecule has 0 unspecified atom stereocenters. The van der Waals surface area contributed by atoms with Crippen molar-refractivity contribution in [1.29, 1.82) is 0 Å². The lowest BCUT2D eigenvalue weighted by molar-refractivity contribution is 0.100. The Morgan fingerprint density at radius 3 is 2.78 bits per heavy atom. The minimum Gasteiger partial charge on any atom is -0.454 e. The molecular formula is C15H11ClN2O3S2. The van der Waals surface area contributed by atoms with Crippen molar-refractivity contribution in [3.63, 3.8) is 0 Å². The van der Waals surface area contributed by atoms with Crippen molar-refractivity contribution in [3.05, 3.63) is 38.3 Å². The van der Waals surface area contributed by atoms with Crippen LogP contribution in [0.1, 0.15) is 16.6 Å². The lowest BCUT2D eigenvalue weighted by atomic mass is 10.3. The van der Waals surface area contributed by atoms with Gasteiger partial charge in [0.1, 0.15) is 0 Å². The lowest BCUT2D eigenvalue weighted by Gasteiger charge is -2.01. The van der Waals surface area contributed by atoms with Gasteiger partial charge in [-0.1, -0.05) is 22.9 Å². The number of amides is 1. The summed E-state index contributed by atoms with van der Waals surface area (Å²) in [6.07, 6.45) is 0. The number of benzene rings is 1. The fourth-order valence-corrected chi connectivity index (χ4v) is 4.45. The Morgan fingerprint density at radius 2 is 2.09 bits per heavy atom. The summed E-state index contributed by atoms with van der Waals surface area (Å²) >= 11 is 8.57. The summed E-state index contributed by atoms with van der Waals surface area (Å²) in [6, 6.07) is 7.26. The van der Waals surface area contributed by atoms with E-state index in [0.717, 1.165) is 21.7 Å². The van der Waals surface area contributed by atoms with Crippen LogP contribution in [0.15, 0.2) is 29.3 Å². The van der Waals surface area contributed by atoms with E-state index in [0.29, 0.717) is 20.6 Å². The third-order valence-electron chi connectivity index (χ3n) is 3.47. The molecule has 5 nitrogen and oxygen atoms in total. The topological polar surface area (TPSA) is 52.8 Å². The third-order valence-corrected chi connectivity index (χ3v) is 5.73. The molecule has 1 aromatic carbocycles. The number of ether oxygens (including phenoxy) is 2. The number of halogens is 1. The van der Waals surface area contributed by atoms with E-state index in [-0.39, 0.29) is 12.7 Å². The second-order valence-electron chi connectivity index (χ2n) is 4.82. The molecule has 0 N–H and O–H groups in total. The number of nitrogens with zero attached hydrogens (tertiary/aromatic N) is 2. The summed E-state index contributed by atoms with van der Waals surface area (Å²) in [4.78, 5) is 17.8. The summed E-state index contributed by atoms with van der Waals surface area (Å²) in [5.74, 6) is 1.17. The first-order valence-corrected chi connectivity index (χ1v) is 8.94. The number of hydrogen-bond acceptors (Lipinski definition) is 5. The molecule has 0 aliphatic carbocycles. The van der Waals surface area contributed by atoms with Gasteiger partial charge in [-0.3, -0.25) is 4.79 Å². The molecule has 1 aliphatic heterocycles. The van der Waals surface area contributed by atoms with Gasteiger partial charge in [0.05, 0.1) is 19.4 Å². The zero-order chi connectivity index (χ0) is 16.0. The SMILES string of the molecule is CCn1c(=NC(=O)c2ccc(Cl)s2)sc2cc3c(cc21)OCO3. The normalized spacial score (nSPS) is 13.9. The zero-order valence-electron chi connectivity index (χ0n) is 12.0. The Labute approximate surface area is 144 Å². The number of fused-ring (bicyclic) bond motifs is 2. The smallest absolute Gasteiger partial charge is 0.289 e. The molecule has 118 valence electrons. The number of aromatic nitrogens is 1. The molecule has 0 saturated heterocycles. The molecule has 3 heterocycles. The summed E-state index contributed by atoms with van der Waals surface area (Å²) in [7, 11) is 0. The van der Waals surface area contributed by atoms with Crippen molar-refractivity contribution in [3.8, 4) is 11.5 Å². The monoisotopic (exact) mass is 366 g/mol. The van der Waals surface area contributed by atoms with E-state index in [1.54, 1.807) is 12.1 Å².